The van der Waals surface area contributed by atoms with Crippen LogP contribution in [0.2, 0.25) is 0 Å². The van der Waals surface area contributed by atoms with E-state index < -0.39 is 0 Å². The van der Waals surface area contributed by atoms with E-state index in [1.165, 1.54) is 50.1 Å². The minimum absolute atomic E-state index is 0.0160. The highest BCUT2D eigenvalue weighted by atomic mass is 14.4. The summed E-state index contributed by atoms with van der Waals surface area (Å²) >= 11 is 0. The summed E-state index contributed by atoms with van der Waals surface area (Å²) in [5.41, 5.74) is 12.0. The first-order valence-electron chi connectivity index (χ1n) is 10.3. The molecule has 0 fully saturated rings. The molecule has 0 bridgehead atoms. The predicted octanol–water partition coefficient (Wildman–Crippen LogP) is 8.34. The lowest BCUT2D eigenvalue weighted by Gasteiger charge is -2.23. The lowest BCUT2D eigenvalue weighted by Crippen LogP contribution is -2.15. The number of rotatable bonds is 5. The van der Waals surface area contributed by atoms with Crippen LogP contribution in [0.5, 0.6) is 0 Å². The lowest BCUT2D eigenvalue weighted by molar-refractivity contribution is 0.660. The van der Waals surface area contributed by atoms with Crippen molar-refractivity contribution in [2.75, 3.05) is 0 Å². The van der Waals surface area contributed by atoms with Crippen molar-refractivity contribution < 1.29 is 0 Å². The molecule has 144 valence electrons. The van der Waals surface area contributed by atoms with Crippen molar-refractivity contribution in [1.29, 1.82) is 0 Å². The molecule has 1 aliphatic carbocycles. The zero-order valence-corrected chi connectivity index (χ0v) is 18.2. The van der Waals surface area contributed by atoms with E-state index in [-0.39, 0.29) is 5.41 Å². The summed E-state index contributed by atoms with van der Waals surface area (Å²) < 4.78 is 0. The standard InChI is InChI=1S/C28H32/c1-8-12-20(10-3)21-13-15-24-25-16-14-22(23(11-4)19(5)9-2)18-27(25)28(6,7)26(24)17-21/h9-18H,3,8H2,1-2,4-7H3/b19-9-,20-12+,23-11+. The Morgan fingerprint density at radius 3 is 2.00 bits per heavy atom. The third-order valence-corrected chi connectivity index (χ3v) is 6.11. The summed E-state index contributed by atoms with van der Waals surface area (Å²) in [4.78, 5) is 0. The average molecular weight is 369 g/mol. The summed E-state index contributed by atoms with van der Waals surface area (Å²) in [6, 6.07) is 13.9. The van der Waals surface area contributed by atoms with E-state index >= 15 is 0 Å². The average Bonchev–Trinajstić information content (AvgIpc) is 2.93. The number of hydrogen-bond donors (Lipinski definition) is 0. The van der Waals surface area contributed by atoms with Crippen LogP contribution in [-0.4, -0.2) is 0 Å². The number of benzene rings is 2. The zero-order chi connectivity index (χ0) is 20.5. The van der Waals surface area contributed by atoms with Crippen molar-refractivity contribution in [2.24, 2.45) is 0 Å². The first-order chi connectivity index (χ1) is 13.4. The summed E-state index contributed by atoms with van der Waals surface area (Å²) in [6.45, 7) is 17.3. The second kappa shape index (κ2) is 7.80. The van der Waals surface area contributed by atoms with Crippen LogP contribution in [0.1, 0.15) is 70.2 Å². The summed E-state index contributed by atoms with van der Waals surface area (Å²) in [6.07, 6.45) is 9.64. The van der Waals surface area contributed by atoms with Crippen LogP contribution in [-0.2, 0) is 5.41 Å². The Hall–Kier alpha value is -2.60. The van der Waals surface area contributed by atoms with E-state index in [0.29, 0.717) is 0 Å². The molecule has 0 saturated carbocycles. The molecule has 0 heteroatoms. The van der Waals surface area contributed by atoms with Crippen LogP contribution in [0.3, 0.4) is 0 Å². The monoisotopic (exact) mass is 368 g/mol. The first-order valence-corrected chi connectivity index (χ1v) is 10.3. The van der Waals surface area contributed by atoms with Gasteiger partial charge in [-0.15, -0.1) is 0 Å². The van der Waals surface area contributed by atoms with Gasteiger partial charge < -0.3 is 0 Å². The Morgan fingerprint density at radius 2 is 1.50 bits per heavy atom. The maximum Gasteiger partial charge on any atom is 0.0159 e. The third-order valence-electron chi connectivity index (χ3n) is 6.11. The lowest BCUT2D eigenvalue weighted by atomic mass is 9.80. The molecule has 0 aromatic heterocycles. The fourth-order valence-electron chi connectivity index (χ4n) is 4.40. The molecule has 3 rings (SSSR count). The SMILES string of the molecule is C=C/C(=C\CC)c1ccc2c(c1)C(C)(C)c1cc(C(=C/C)/C(C)=C\C)ccc1-2. The van der Waals surface area contributed by atoms with E-state index in [1.54, 1.807) is 0 Å². The quantitative estimate of drug-likeness (QED) is 0.465. The summed E-state index contributed by atoms with van der Waals surface area (Å²) in [5, 5.41) is 0. The molecule has 0 N–H and O–H groups in total. The summed E-state index contributed by atoms with van der Waals surface area (Å²) in [7, 11) is 0. The smallest absolute Gasteiger partial charge is 0.0159 e. The van der Waals surface area contributed by atoms with Crippen LogP contribution in [0, 0.1) is 0 Å². The second-order valence-corrected chi connectivity index (χ2v) is 8.09. The van der Waals surface area contributed by atoms with Gasteiger partial charge in [-0.05, 0) is 89.4 Å². The van der Waals surface area contributed by atoms with Gasteiger partial charge in [0, 0.05) is 5.41 Å². The molecular weight excluding hydrogens is 336 g/mol. The minimum Gasteiger partial charge on any atom is -0.0985 e. The third kappa shape index (κ3) is 3.22. The predicted molar refractivity (Wildman–Crippen MR) is 126 cm³/mol. The minimum atomic E-state index is -0.0160. The summed E-state index contributed by atoms with van der Waals surface area (Å²) in [5.74, 6) is 0. The van der Waals surface area contributed by atoms with Crippen molar-refractivity contribution >= 4 is 11.1 Å². The maximum absolute atomic E-state index is 4.01. The van der Waals surface area contributed by atoms with Gasteiger partial charge >= 0.3 is 0 Å². The van der Waals surface area contributed by atoms with E-state index in [1.807, 2.05) is 6.08 Å². The van der Waals surface area contributed by atoms with Gasteiger partial charge in [-0.1, -0.05) is 75.9 Å². The highest BCUT2D eigenvalue weighted by Crippen LogP contribution is 2.50. The van der Waals surface area contributed by atoms with Gasteiger partial charge in [-0.2, -0.15) is 0 Å². The topological polar surface area (TPSA) is 0 Å². The Balaban J connectivity index is 2.16. The van der Waals surface area contributed by atoms with Crippen molar-refractivity contribution in [3.05, 3.63) is 95.1 Å². The molecule has 0 atom stereocenters. The molecule has 0 amide bonds. The van der Waals surface area contributed by atoms with Gasteiger partial charge in [0.2, 0.25) is 0 Å². The molecule has 0 aliphatic heterocycles. The normalized spacial score (nSPS) is 16.0. The van der Waals surface area contributed by atoms with Crippen LogP contribution < -0.4 is 0 Å². The molecule has 1 aliphatic rings. The van der Waals surface area contributed by atoms with Gasteiger partial charge in [0.05, 0.1) is 0 Å². The van der Waals surface area contributed by atoms with Gasteiger partial charge in [0.15, 0.2) is 0 Å². The van der Waals surface area contributed by atoms with E-state index in [9.17, 15) is 0 Å². The van der Waals surface area contributed by atoms with Gasteiger partial charge in [-0.25, -0.2) is 0 Å². The molecule has 0 radical (unpaired) electrons. The van der Waals surface area contributed by atoms with E-state index in [4.69, 9.17) is 0 Å². The van der Waals surface area contributed by atoms with Crippen LogP contribution >= 0.6 is 0 Å². The van der Waals surface area contributed by atoms with Crippen LogP contribution in [0.15, 0.2) is 72.9 Å². The van der Waals surface area contributed by atoms with Gasteiger partial charge in [0.25, 0.3) is 0 Å². The Morgan fingerprint density at radius 1 is 0.929 bits per heavy atom. The molecule has 0 heterocycles. The Bertz CT molecular complexity index is 1010. The van der Waals surface area contributed by atoms with Crippen LogP contribution in [0.25, 0.3) is 22.3 Å². The van der Waals surface area contributed by atoms with Crippen LogP contribution in [0.4, 0.5) is 0 Å². The molecule has 28 heavy (non-hydrogen) atoms. The number of fused-ring (bicyclic) bond motifs is 3. The molecular formula is C28H32. The number of hydrogen-bond acceptors (Lipinski definition) is 0. The largest absolute Gasteiger partial charge is 0.0985 e. The van der Waals surface area contributed by atoms with Crippen molar-refractivity contribution in [1.82, 2.24) is 0 Å². The van der Waals surface area contributed by atoms with Gasteiger partial charge in [-0.3, -0.25) is 0 Å². The molecule has 0 spiro atoms. The highest BCUT2D eigenvalue weighted by Gasteiger charge is 2.35. The Labute approximate surface area is 171 Å². The zero-order valence-electron chi connectivity index (χ0n) is 18.2. The van der Waals surface area contributed by atoms with Gasteiger partial charge in [0.1, 0.15) is 0 Å². The maximum atomic E-state index is 4.01. The molecule has 0 saturated heterocycles. The molecule has 2 aromatic rings. The van der Waals surface area contributed by atoms with Crippen molar-refractivity contribution in [3.63, 3.8) is 0 Å². The highest BCUT2D eigenvalue weighted by molar-refractivity contribution is 5.87. The molecule has 2 aromatic carbocycles. The van der Waals surface area contributed by atoms with E-state index in [0.717, 1.165) is 6.42 Å². The first kappa shape index (κ1) is 20.1. The fourth-order valence-corrected chi connectivity index (χ4v) is 4.40. The molecule has 0 unspecified atom stereocenters. The molecule has 0 nitrogen and oxygen atoms in total. The second-order valence-electron chi connectivity index (χ2n) is 8.09. The van der Waals surface area contributed by atoms with Crippen molar-refractivity contribution in [2.45, 2.75) is 53.4 Å². The number of allylic oxidation sites excluding steroid dienone is 7. The fraction of sp³-hybridized carbons (Fsp3) is 0.286. The van der Waals surface area contributed by atoms with E-state index in [2.05, 4.69) is 103 Å². The van der Waals surface area contributed by atoms with Crippen molar-refractivity contribution in [3.8, 4) is 11.1 Å². The Kier molecular flexibility index (Phi) is 5.61.